The number of aromatic amines is 1. The number of benzene rings is 1. The minimum atomic E-state index is -3.09. The van der Waals surface area contributed by atoms with Gasteiger partial charge >= 0.3 is 0 Å². The van der Waals surface area contributed by atoms with Gasteiger partial charge in [0, 0.05) is 35.8 Å². The van der Waals surface area contributed by atoms with E-state index in [1.807, 2.05) is 12.1 Å². The van der Waals surface area contributed by atoms with Crippen LogP contribution in [0.5, 0.6) is 0 Å². The Bertz CT molecular complexity index is 914. The number of H-pyrrole nitrogens is 1. The number of morpholine rings is 1. The molecular formula is C20H28ClN5O3S. The second-order valence-corrected chi connectivity index (χ2v) is 11.1. The summed E-state index contributed by atoms with van der Waals surface area (Å²) in [6.07, 6.45) is 5.96. The summed E-state index contributed by atoms with van der Waals surface area (Å²) in [5.41, 5.74) is 1.21. The Balaban J connectivity index is 1.46. The van der Waals surface area contributed by atoms with Gasteiger partial charge in [-0.2, -0.15) is 0 Å². The summed E-state index contributed by atoms with van der Waals surface area (Å²) >= 11 is 6.03. The van der Waals surface area contributed by atoms with Gasteiger partial charge in [-0.3, -0.25) is 4.90 Å². The van der Waals surface area contributed by atoms with Gasteiger partial charge in [0.15, 0.2) is 5.82 Å². The molecule has 2 heterocycles. The van der Waals surface area contributed by atoms with Gasteiger partial charge in [-0.1, -0.05) is 23.7 Å². The van der Waals surface area contributed by atoms with Gasteiger partial charge in [0.05, 0.1) is 18.5 Å². The van der Waals surface area contributed by atoms with Crippen molar-refractivity contribution in [1.82, 2.24) is 25.5 Å². The molecule has 2 aromatic rings. The number of hydrogen-bond acceptors (Lipinski definition) is 7. The first-order valence-electron chi connectivity index (χ1n) is 10.4. The molecule has 2 aliphatic rings. The largest absolute Gasteiger partial charge is 0.374 e. The third kappa shape index (κ3) is 5.57. The molecule has 2 atom stereocenters. The highest BCUT2D eigenvalue weighted by Crippen LogP contribution is 2.35. The van der Waals surface area contributed by atoms with Gasteiger partial charge in [0.2, 0.25) is 0 Å². The normalized spacial score (nSPS) is 28.5. The Kier molecular flexibility index (Phi) is 6.72. The molecule has 0 amide bonds. The highest BCUT2D eigenvalue weighted by Gasteiger charge is 2.37. The molecular weight excluding hydrogens is 426 g/mol. The Hall–Kier alpha value is -1.55. The van der Waals surface area contributed by atoms with Gasteiger partial charge in [0.1, 0.15) is 9.84 Å². The van der Waals surface area contributed by atoms with Gasteiger partial charge in [-0.15, -0.1) is 5.10 Å². The molecule has 1 aliphatic heterocycles. The maximum absolute atomic E-state index is 11.8. The van der Waals surface area contributed by atoms with E-state index in [0.717, 1.165) is 43.0 Å². The molecule has 1 N–H and O–H groups in total. The van der Waals surface area contributed by atoms with E-state index in [2.05, 4.69) is 37.7 Å². The molecule has 1 aromatic carbocycles. The van der Waals surface area contributed by atoms with Crippen molar-refractivity contribution < 1.29 is 13.2 Å². The summed E-state index contributed by atoms with van der Waals surface area (Å²) in [5.74, 6) is 1.29. The smallest absolute Gasteiger partial charge is 0.151 e. The number of tetrazole rings is 1. The van der Waals surface area contributed by atoms with Gasteiger partial charge in [-0.05, 0) is 60.2 Å². The van der Waals surface area contributed by atoms with Crippen molar-refractivity contribution in [1.29, 1.82) is 0 Å². The van der Waals surface area contributed by atoms with E-state index in [0.29, 0.717) is 25.1 Å². The highest BCUT2D eigenvalue weighted by molar-refractivity contribution is 7.90. The molecule has 164 valence electrons. The van der Waals surface area contributed by atoms with Crippen molar-refractivity contribution in [2.75, 3.05) is 25.2 Å². The number of ether oxygens (including phenoxy) is 1. The summed E-state index contributed by atoms with van der Waals surface area (Å²) in [5, 5.41) is 15.1. The Morgan fingerprint density at radius 3 is 2.57 bits per heavy atom. The molecule has 4 rings (SSSR count). The maximum Gasteiger partial charge on any atom is 0.151 e. The SMILES string of the molecule is CS(=O)(=O)C[C@H]1CN(C2CCC(c3nnn[nH]3)CC2)[C@@H](Cc2ccc(Cl)cc2)CO1. The minimum Gasteiger partial charge on any atom is -0.374 e. The lowest BCUT2D eigenvalue weighted by molar-refractivity contribution is -0.0756. The topological polar surface area (TPSA) is 101 Å². The van der Waals surface area contributed by atoms with Crippen LogP contribution in [0, 0.1) is 0 Å². The van der Waals surface area contributed by atoms with Crippen LogP contribution in [0.4, 0.5) is 0 Å². The van der Waals surface area contributed by atoms with E-state index >= 15 is 0 Å². The van der Waals surface area contributed by atoms with E-state index in [-0.39, 0.29) is 17.9 Å². The lowest BCUT2D eigenvalue weighted by Crippen LogP contribution is -2.56. The molecule has 0 radical (unpaired) electrons. The van der Waals surface area contributed by atoms with Crippen molar-refractivity contribution >= 4 is 21.4 Å². The number of nitrogens with zero attached hydrogens (tertiary/aromatic N) is 4. The summed E-state index contributed by atoms with van der Waals surface area (Å²) in [7, 11) is -3.09. The van der Waals surface area contributed by atoms with E-state index in [1.54, 1.807) is 0 Å². The fraction of sp³-hybridized carbons (Fsp3) is 0.650. The van der Waals surface area contributed by atoms with Crippen LogP contribution in [0.25, 0.3) is 0 Å². The van der Waals surface area contributed by atoms with Crippen molar-refractivity contribution in [2.24, 2.45) is 0 Å². The lowest BCUT2D eigenvalue weighted by Gasteiger charge is -2.46. The molecule has 1 aromatic heterocycles. The van der Waals surface area contributed by atoms with Crippen LogP contribution in [-0.4, -0.2) is 77.3 Å². The van der Waals surface area contributed by atoms with Crippen molar-refractivity contribution in [3.63, 3.8) is 0 Å². The van der Waals surface area contributed by atoms with Crippen molar-refractivity contribution in [2.45, 2.75) is 56.2 Å². The molecule has 8 nitrogen and oxygen atoms in total. The molecule has 30 heavy (non-hydrogen) atoms. The standard InChI is InChI=1S/C20H28ClN5O3S/c1-30(27,28)13-19-11-26(17-8-4-15(5-9-17)20-22-24-25-23-20)18(12-29-19)10-14-2-6-16(21)7-3-14/h2-3,6-7,15,17-19H,4-5,8-13H2,1H3,(H,22,23,24,25)/t15?,17?,18-,19+/m0/s1. The molecule has 10 heteroatoms. The average Bonchev–Trinajstić information content (AvgIpc) is 3.25. The number of hydrogen-bond donors (Lipinski definition) is 1. The number of sulfone groups is 1. The average molecular weight is 454 g/mol. The summed E-state index contributed by atoms with van der Waals surface area (Å²) in [6, 6.07) is 8.55. The number of rotatable bonds is 6. The quantitative estimate of drug-likeness (QED) is 0.715. The third-order valence-electron chi connectivity index (χ3n) is 6.20. The Morgan fingerprint density at radius 1 is 1.20 bits per heavy atom. The summed E-state index contributed by atoms with van der Waals surface area (Å²) < 4.78 is 29.6. The second-order valence-electron chi connectivity index (χ2n) is 8.52. The van der Waals surface area contributed by atoms with E-state index < -0.39 is 9.84 Å². The third-order valence-corrected chi connectivity index (χ3v) is 7.42. The first-order chi connectivity index (χ1) is 14.4. The summed E-state index contributed by atoms with van der Waals surface area (Å²) in [6.45, 7) is 1.18. The van der Waals surface area contributed by atoms with Crippen LogP contribution in [0.3, 0.4) is 0 Å². The Labute approximate surface area is 182 Å². The van der Waals surface area contributed by atoms with E-state index in [9.17, 15) is 8.42 Å². The first-order valence-corrected chi connectivity index (χ1v) is 12.8. The van der Waals surface area contributed by atoms with Crippen molar-refractivity contribution in [3.05, 3.63) is 40.7 Å². The highest BCUT2D eigenvalue weighted by atomic mass is 35.5. The van der Waals surface area contributed by atoms with Crippen LogP contribution in [0.1, 0.15) is 43.0 Å². The molecule has 0 bridgehead atoms. The monoisotopic (exact) mass is 453 g/mol. The predicted molar refractivity (Wildman–Crippen MR) is 114 cm³/mol. The number of halogens is 1. The van der Waals surface area contributed by atoms with E-state index in [4.69, 9.17) is 16.3 Å². The van der Waals surface area contributed by atoms with Gasteiger partial charge < -0.3 is 4.74 Å². The lowest BCUT2D eigenvalue weighted by atomic mass is 9.83. The van der Waals surface area contributed by atoms with Gasteiger partial charge in [-0.25, -0.2) is 13.5 Å². The van der Waals surface area contributed by atoms with Crippen LogP contribution >= 0.6 is 11.6 Å². The van der Waals surface area contributed by atoms with Gasteiger partial charge in [0.25, 0.3) is 0 Å². The molecule has 0 spiro atoms. The molecule has 2 fully saturated rings. The Morgan fingerprint density at radius 2 is 1.93 bits per heavy atom. The minimum absolute atomic E-state index is 0.0657. The zero-order valence-electron chi connectivity index (χ0n) is 17.1. The van der Waals surface area contributed by atoms with Crippen LogP contribution in [-0.2, 0) is 21.0 Å². The fourth-order valence-corrected chi connectivity index (χ4v) is 5.76. The summed E-state index contributed by atoms with van der Waals surface area (Å²) in [4.78, 5) is 2.49. The number of nitrogens with one attached hydrogen (secondary N) is 1. The van der Waals surface area contributed by atoms with Crippen LogP contribution in [0.15, 0.2) is 24.3 Å². The predicted octanol–water partition coefficient (Wildman–Crippen LogP) is 2.24. The molecule has 1 saturated carbocycles. The van der Waals surface area contributed by atoms with Crippen LogP contribution in [0.2, 0.25) is 5.02 Å². The number of aromatic nitrogens is 4. The second kappa shape index (κ2) is 9.30. The van der Waals surface area contributed by atoms with Crippen LogP contribution < -0.4 is 0 Å². The zero-order valence-corrected chi connectivity index (χ0v) is 18.6. The molecule has 0 unspecified atom stereocenters. The van der Waals surface area contributed by atoms with E-state index in [1.165, 1.54) is 11.8 Å². The first kappa shape index (κ1) is 21.7. The van der Waals surface area contributed by atoms with Crippen molar-refractivity contribution in [3.8, 4) is 0 Å². The molecule has 1 saturated heterocycles. The maximum atomic E-state index is 11.8. The zero-order chi connectivity index (χ0) is 21.1. The fourth-order valence-electron chi connectivity index (χ4n) is 4.75. The molecule has 1 aliphatic carbocycles.